The van der Waals surface area contributed by atoms with E-state index in [2.05, 4.69) is 42.3 Å². The first kappa shape index (κ1) is 26.6. The number of rotatable bonds is 11. The molecule has 0 aromatic heterocycles. The molecule has 1 fully saturated rings. The van der Waals surface area contributed by atoms with Crippen LogP contribution in [0.5, 0.6) is 5.75 Å². The zero-order valence-corrected chi connectivity index (χ0v) is 21.7. The highest BCUT2D eigenvalue weighted by Gasteiger charge is 2.24. The Morgan fingerprint density at radius 3 is 2.49 bits per heavy atom. The van der Waals surface area contributed by atoms with E-state index in [1.165, 1.54) is 36.1 Å². The van der Waals surface area contributed by atoms with E-state index in [-0.39, 0.29) is 18.4 Å². The Morgan fingerprint density at radius 1 is 1.03 bits per heavy atom. The summed E-state index contributed by atoms with van der Waals surface area (Å²) in [7, 11) is 0. The maximum atomic E-state index is 13.3. The standard InChI is InChI=1S/C29H40N2O4/c1-5-12-24(28-21(4)13-11-14-25(28)31-17-9-8-10-18-31)30-27(32)20-22-15-16-23(29(33)35-7-3)19-26(22)34-6-2/h11,13-16,19,24H,5-10,12,17-18,20H2,1-4H3,(H,30,32). The maximum Gasteiger partial charge on any atom is 0.338 e. The average Bonchev–Trinajstić information content (AvgIpc) is 2.85. The topological polar surface area (TPSA) is 67.9 Å². The van der Waals surface area contributed by atoms with Gasteiger partial charge in [-0.1, -0.05) is 31.5 Å². The summed E-state index contributed by atoms with van der Waals surface area (Å²) in [5.74, 6) is 0.100. The Bertz CT molecular complexity index is 998. The number of nitrogens with one attached hydrogen (secondary N) is 1. The van der Waals surface area contributed by atoms with Gasteiger partial charge in [-0.15, -0.1) is 0 Å². The highest BCUT2D eigenvalue weighted by Crippen LogP contribution is 2.34. The number of anilines is 1. The molecule has 3 rings (SSSR count). The summed E-state index contributed by atoms with van der Waals surface area (Å²) in [5.41, 5.74) is 4.87. The fourth-order valence-electron chi connectivity index (χ4n) is 4.86. The van der Waals surface area contributed by atoms with E-state index < -0.39 is 5.97 Å². The Labute approximate surface area is 210 Å². The molecule has 1 unspecified atom stereocenters. The van der Waals surface area contributed by atoms with Gasteiger partial charge >= 0.3 is 5.97 Å². The molecule has 6 heteroatoms. The lowest BCUT2D eigenvalue weighted by Gasteiger charge is -2.33. The lowest BCUT2D eigenvalue weighted by molar-refractivity contribution is -0.121. The van der Waals surface area contributed by atoms with Gasteiger partial charge in [0.05, 0.1) is 31.2 Å². The summed E-state index contributed by atoms with van der Waals surface area (Å²) in [4.78, 5) is 27.9. The van der Waals surface area contributed by atoms with Crippen LogP contribution >= 0.6 is 0 Å². The summed E-state index contributed by atoms with van der Waals surface area (Å²) in [6.45, 7) is 10.8. The molecule has 0 aliphatic carbocycles. The van der Waals surface area contributed by atoms with Gasteiger partial charge in [-0.25, -0.2) is 4.79 Å². The van der Waals surface area contributed by atoms with Gasteiger partial charge in [-0.3, -0.25) is 4.79 Å². The number of amides is 1. The molecule has 1 N–H and O–H groups in total. The summed E-state index contributed by atoms with van der Waals surface area (Å²) in [6, 6.07) is 11.6. The molecule has 1 atom stereocenters. The molecular formula is C29H40N2O4. The van der Waals surface area contributed by atoms with Crippen molar-refractivity contribution >= 4 is 17.6 Å². The Kier molecular flexibility index (Phi) is 10.0. The predicted octanol–water partition coefficient (Wildman–Crippen LogP) is 5.76. The van der Waals surface area contributed by atoms with Crippen LogP contribution in [0.15, 0.2) is 36.4 Å². The fourth-order valence-corrected chi connectivity index (χ4v) is 4.86. The molecule has 35 heavy (non-hydrogen) atoms. The second kappa shape index (κ2) is 13.2. The maximum absolute atomic E-state index is 13.3. The number of carbonyl (C=O) groups is 2. The van der Waals surface area contributed by atoms with Gasteiger partial charge in [0.25, 0.3) is 0 Å². The average molecular weight is 481 g/mol. The predicted molar refractivity (Wildman–Crippen MR) is 140 cm³/mol. The van der Waals surface area contributed by atoms with Crippen molar-refractivity contribution in [2.24, 2.45) is 0 Å². The lowest BCUT2D eigenvalue weighted by atomic mass is 9.94. The van der Waals surface area contributed by atoms with E-state index in [0.717, 1.165) is 31.5 Å². The van der Waals surface area contributed by atoms with Crippen LogP contribution in [-0.4, -0.2) is 38.2 Å². The Morgan fingerprint density at radius 2 is 1.80 bits per heavy atom. The molecule has 6 nitrogen and oxygen atoms in total. The van der Waals surface area contributed by atoms with E-state index >= 15 is 0 Å². The number of benzene rings is 2. The third-order valence-corrected chi connectivity index (χ3v) is 6.49. The molecule has 0 radical (unpaired) electrons. The molecule has 1 aliphatic heterocycles. The minimum atomic E-state index is -0.391. The van der Waals surface area contributed by atoms with Crippen molar-refractivity contribution in [3.63, 3.8) is 0 Å². The van der Waals surface area contributed by atoms with Crippen LogP contribution in [0.4, 0.5) is 5.69 Å². The summed E-state index contributed by atoms with van der Waals surface area (Å²) in [6.07, 6.45) is 5.72. The van der Waals surface area contributed by atoms with E-state index in [1.807, 2.05) is 6.92 Å². The minimum absolute atomic E-state index is 0.0545. The molecule has 1 heterocycles. The first-order valence-corrected chi connectivity index (χ1v) is 13.0. The van der Waals surface area contributed by atoms with Gasteiger partial charge < -0.3 is 19.7 Å². The number of piperidine rings is 1. The molecule has 2 aromatic rings. The number of hydrogen-bond donors (Lipinski definition) is 1. The van der Waals surface area contributed by atoms with E-state index in [0.29, 0.717) is 24.5 Å². The summed E-state index contributed by atoms with van der Waals surface area (Å²) >= 11 is 0. The van der Waals surface area contributed by atoms with Crippen LogP contribution in [0.3, 0.4) is 0 Å². The van der Waals surface area contributed by atoms with Crippen molar-refractivity contribution in [3.8, 4) is 5.75 Å². The normalized spacial score (nSPS) is 14.3. The third-order valence-electron chi connectivity index (χ3n) is 6.49. The number of esters is 1. The fraction of sp³-hybridized carbons (Fsp3) is 0.517. The second-order valence-electron chi connectivity index (χ2n) is 9.12. The minimum Gasteiger partial charge on any atom is -0.494 e. The Hall–Kier alpha value is -3.02. The number of hydrogen-bond acceptors (Lipinski definition) is 5. The smallest absolute Gasteiger partial charge is 0.338 e. The SMILES string of the molecule is CCCC(NC(=O)Cc1ccc(C(=O)OCC)cc1OCC)c1c(C)cccc1N1CCCCC1. The highest BCUT2D eigenvalue weighted by atomic mass is 16.5. The summed E-state index contributed by atoms with van der Waals surface area (Å²) < 4.78 is 10.9. The Balaban J connectivity index is 1.82. The third kappa shape index (κ3) is 7.00. The van der Waals surface area contributed by atoms with Gasteiger partial charge in [0.15, 0.2) is 0 Å². The lowest BCUT2D eigenvalue weighted by Crippen LogP contribution is -2.34. The first-order chi connectivity index (χ1) is 17.0. The molecule has 0 spiro atoms. The monoisotopic (exact) mass is 480 g/mol. The van der Waals surface area contributed by atoms with Crippen LogP contribution in [0.25, 0.3) is 0 Å². The summed E-state index contributed by atoms with van der Waals surface area (Å²) in [5, 5.41) is 3.32. The van der Waals surface area contributed by atoms with Crippen molar-refractivity contribution in [1.82, 2.24) is 5.32 Å². The van der Waals surface area contributed by atoms with E-state index in [9.17, 15) is 9.59 Å². The van der Waals surface area contributed by atoms with Crippen molar-refractivity contribution in [3.05, 3.63) is 58.7 Å². The quantitative estimate of drug-likeness (QED) is 0.414. The van der Waals surface area contributed by atoms with Gasteiger partial charge in [0, 0.05) is 29.9 Å². The number of carbonyl (C=O) groups excluding carboxylic acids is 2. The second-order valence-corrected chi connectivity index (χ2v) is 9.12. The van der Waals surface area contributed by atoms with Gasteiger partial charge in [0.2, 0.25) is 5.91 Å². The molecule has 1 saturated heterocycles. The van der Waals surface area contributed by atoms with Crippen molar-refractivity contribution in [2.45, 2.75) is 72.3 Å². The number of nitrogens with zero attached hydrogens (tertiary/aromatic N) is 1. The van der Waals surface area contributed by atoms with Crippen molar-refractivity contribution < 1.29 is 19.1 Å². The highest BCUT2D eigenvalue weighted by molar-refractivity contribution is 5.90. The van der Waals surface area contributed by atoms with Crippen molar-refractivity contribution in [1.29, 1.82) is 0 Å². The van der Waals surface area contributed by atoms with Crippen LogP contribution in [-0.2, 0) is 16.0 Å². The molecule has 0 saturated carbocycles. The molecular weight excluding hydrogens is 440 g/mol. The van der Waals surface area contributed by atoms with Gasteiger partial charge in [-0.05, 0) is 70.2 Å². The van der Waals surface area contributed by atoms with E-state index in [1.54, 1.807) is 25.1 Å². The zero-order chi connectivity index (χ0) is 25.2. The molecule has 1 amide bonds. The molecule has 0 bridgehead atoms. The molecule has 190 valence electrons. The van der Waals surface area contributed by atoms with Crippen LogP contribution < -0.4 is 15.0 Å². The molecule has 2 aromatic carbocycles. The zero-order valence-electron chi connectivity index (χ0n) is 21.7. The number of ether oxygens (including phenoxy) is 2. The largest absolute Gasteiger partial charge is 0.494 e. The first-order valence-electron chi connectivity index (χ1n) is 13.0. The van der Waals surface area contributed by atoms with Crippen LogP contribution in [0.1, 0.15) is 86.0 Å². The van der Waals surface area contributed by atoms with Crippen LogP contribution in [0.2, 0.25) is 0 Å². The van der Waals surface area contributed by atoms with Crippen molar-refractivity contribution in [2.75, 3.05) is 31.2 Å². The van der Waals surface area contributed by atoms with E-state index in [4.69, 9.17) is 9.47 Å². The molecule has 1 aliphatic rings. The van der Waals surface area contributed by atoms with Crippen LogP contribution in [0, 0.1) is 6.92 Å². The van der Waals surface area contributed by atoms with Gasteiger partial charge in [-0.2, -0.15) is 0 Å². The van der Waals surface area contributed by atoms with Gasteiger partial charge in [0.1, 0.15) is 5.75 Å². The number of aryl methyl sites for hydroxylation is 1.